The SMILES string of the molecule is COc1ccc(CN2C(=O)CCN(c3noc4ccc(CN5CC6CCC5CN6C(=O)OC(C)(C)C)cc34)C2=O)cc1. The van der Waals surface area contributed by atoms with Gasteiger partial charge in [0.25, 0.3) is 0 Å². The molecule has 2 atom stereocenters. The summed E-state index contributed by atoms with van der Waals surface area (Å²) in [5.74, 6) is 0.903. The van der Waals surface area contributed by atoms with Crippen LogP contribution in [0, 0.1) is 0 Å². The number of amides is 4. The number of nitrogens with zero attached hydrogens (tertiary/aromatic N) is 5. The Hall–Kier alpha value is -4.12. The van der Waals surface area contributed by atoms with Gasteiger partial charge in [-0.05, 0) is 69.0 Å². The van der Waals surface area contributed by atoms with E-state index in [4.69, 9.17) is 14.0 Å². The van der Waals surface area contributed by atoms with Gasteiger partial charge in [-0.3, -0.25) is 19.5 Å². The van der Waals surface area contributed by atoms with Gasteiger partial charge >= 0.3 is 12.1 Å². The molecule has 2 bridgehead atoms. The maximum Gasteiger partial charge on any atom is 0.410 e. The van der Waals surface area contributed by atoms with Crippen molar-refractivity contribution in [2.45, 2.75) is 70.8 Å². The van der Waals surface area contributed by atoms with E-state index < -0.39 is 11.6 Å². The Morgan fingerprint density at radius 1 is 1.00 bits per heavy atom. The van der Waals surface area contributed by atoms with E-state index in [0.717, 1.165) is 35.9 Å². The third-order valence-electron chi connectivity index (χ3n) is 8.24. The second-order valence-electron chi connectivity index (χ2n) is 12.3. The zero-order valence-electron chi connectivity index (χ0n) is 24.5. The summed E-state index contributed by atoms with van der Waals surface area (Å²) in [6.07, 6.45) is 1.96. The average Bonchev–Trinajstić information content (AvgIpc) is 3.38. The Balaban J connectivity index is 1.17. The third kappa shape index (κ3) is 5.53. The lowest BCUT2D eigenvalue weighted by Crippen LogP contribution is -2.63. The predicted molar refractivity (Wildman–Crippen MR) is 155 cm³/mol. The van der Waals surface area contributed by atoms with Gasteiger partial charge < -0.3 is 18.9 Å². The number of aromatic nitrogens is 1. The molecule has 4 saturated heterocycles. The maximum absolute atomic E-state index is 13.5. The molecule has 0 aliphatic carbocycles. The van der Waals surface area contributed by atoms with Gasteiger partial charge in [-0.25, -0.2) is 9.59 Å². The zero-order valence-corrected chi connectivity index (χ0v) is 24.5. The van der Waals surface area contributed by atoms with Crippen LogP contribution in [-0.2, 0) is 22.6 Å². The van der Waals surface area contributed by atoms with Crippen LogP contribution in [0.2, 0.25) is 0 Å². The molecular formula is C31H37N5O6. The number of hydrogen-bond donors (Lipinski definition) is 0. The highest BCUT2D eigenvalue weighted by molar-refractivity contribution is 6.08. The van der Waals surface area contributed by atoms with Crippen LogP contribution in [0.4, 0.5) is 15.4 Å². The standard InChI is InChI=1S/C31H37N5O6/c1-31(2,3)41-30(39)35-19-22-8-9-23(35)18-33(22)16-21-7-12-26-25(15-21)28(32-42-26)34-14-13-27(37)36(29(34)38)17-20-5-10-24(40-4)11-6-20/h5-7,10-12,15,22-23H,8-9,13-14,16-19H2,1-4H3. The molecule has 7 rings (SSSR count). The number of carbonyl (C=O) groups is 3. The molecule has 1 aromatic heterocycles. The van der Waals surface area contributed by atoms with Crippen molar-refractivity contribution in [2.75, 3.05) is 31.6 Å². The minimum Gasteiger partial charge on any atom is -0.497 e. The van der Waals surface area contributed by atoms with Gasteiger partial charge in [-0.2, -0.15) is 0 Å². The third-order valence-corrected chi connectivity index (χ3v) is 8.24. The molecule has 2 unspecified atom stereocenters. The number of hydrogen-bond acceptors (Lipinski definition) is 8. The molecule has 4 aliphatic rings. The number of ether oxygens (including phenoxy) is 2. The van der Waals surface area contributed by atoms with Crippen LogP contribution < -0.4 is 9.64 Å². The summed E-state index contributed by atoms with van der Waals surface area (Å²) < 4.78 is 16.5. The van der Waals surface area contributed by atoms with Gasteiger partial charge in [0.05, 0.1) is 19.0 Å². The quantitative estimate of drug-likeness (QED) is 0.413. The summed E-state index contributed by atoms with van der Waals surface area (Å²) in [5.41, 5.74) is 1.96. The number of piperazine rings is 1. The number of methoxy groups -OCH3 is 1. The Kier molecular flexibility index (Phi) is 7.30. The molecule has 11 nitrogen and oxygen atoms in total. The van der Waals surface area contributed by atoms with Crippen LogP contribution >= 0.6 is 0 Å². The van der Waals surface area contributed by atoms with Gasteiger partial charge in [0.15, 0.2) is 11.4 Å². The van der Waals surface area contributed by atoms with Crippen molar-refractivity contribution in [3.05, 3.63) is 53.6 Å². The van der Waals surface area contributed by atoms with Crippen molar-refractivity contribution in [1.29, 1.82) is 0 Å². The number of urea groups is 1. The van der Waals surface area contributed by atoms with E-state index in [1.54, 1.807) is 7.11 Å². The molecule has 0 radical (unpaired) electrons. The Morgan fingerprint density at radius 3 is 2.43 bits per heavy atom. The van der Waals surface area contributed by atoms with Crippen LogP contribution in [0.1, 0.15) is 51.2 Å². The first-order valence-electron chi connectivity index (χ1n) is 14.5. The van der Waals surface area contributed by atoms with E-state index >= 15 is 0 Å². The van der Waals surface area contributed by atoms with Crippen molar-refractivity contribution in [2.24, 2.45) is 0 Å². The second kappa shape index (κ2) is 10.9. The number of rotatable bonds is 6. The Bertz CT molecular complexity index is 1500. The number of anilines is 1. The fourth-order valence-corrected chi connectivity index (χ4v) is 6.11. The van der Waals surface area contributed by atoms with Crippen molar-refractivity contribution >= 4 is 34.8 Å². The summed E-state index contributed by atoms with van der Waals surface area (Å²) in [5, 5.41) is 4.98. The summed E-state index contributed by atoms with van der Waals surface area (Å²) in [6.45, 7) is 8.22. The molecule has 4 aliphatic heterocycles. The highest BCUT2D eigenvalue weighted by Crippen LogP contribution is 2.34. The van der Waals surface area contributed by atoms with E-state index in [9.17, 15) is 14.4 Å². The molecule has 0 N–H and O–H groups in total. The second-order valence-corrected chi connectivity index (χ2v) is 12.3. The van der Waals surface area contributed by atoms with Gasteiger partial charge in [0, 0.05) is 44.7 Å². The number of benzene rings is 2. The minimum atomic E-state index is -0.519. The molecular weight excluding hydrogens is 538 g/mol. The van der Waals surface area contributed by atoms with Crippen LogP contribution in [-0.4, -0.2) is 82.3 Å². The van der Waals surface area contributed by atoms with E-state index in [-0.39, 0.29) is 43.6 Å². The fourth-order valence-electron chi connectivity index (χ4n) is 6.11. The van der Waals surface area contributed by atoms with E-state index in [1.807, 2.05) is 68.1 Å². The molecule has 11 heteroatoms. The number of imide groups is 1. The molecule has 2 aromatic carbocycles. The Morgan fingerprint density at radius 2 is 1.74 bits per heavy atom. The number of fused-ring (bicyclic) bond motifs is 4. The topological polar surface area (TPSA) is 109 Å². The maximum atomic E-state index is 13.5. The van der Waals surface area contributed by atoms with Crippen molar-refractivity contribution in [1.82, 2.24) is 19.9 Å². The first-order chi connectivity index (χ1) is 20.1. The highest BCUT2D eigenvalue weighted by Gasteiger charge is 2.42. The lowest BCUT2D eigenvalue weighted by molar-refractivity contribution is -0.129. The Labute approximate surface area is 244 Å². The summed E-state index contributed by atoms with van der Waals surface area (Å²) in [6, 6.07) is 13.2. The summed E-state index contributed by atoms with van der Waals surface area (Å²) in [7, 11) is 1.59. The van der Waals surface area contributed by atoms with E-state index in [2.05, 4.69) is 10.1 Å². The summed E-state index contributed by atoms with van der Waals surface area (Å²) >= 11 is 0. The highest BCUT2D eigenvalue weighted by atomic mass is 16.6. The predicted octanol–water partition coefficient (Wildman–Crippen LogP) is 4.78. The average molecular weight is 576 g/mol. The van der Waals surface area contributed by atoms with Crippen LogP contribution in [0.25, 0.3) is 11.0 Å². The lowest BCUT2D eigenvalue weighted by Gasteiger charge is -2.51. The van der Waals surface area contributed by atoms with E-state index in [0.29, 0.717) is 30.2 Å². The van der Waals surface area contributed by atoms with Crippen LogP contribution in [0.5, 0.6) is 5.75 Å². The monoisotopic (exact) mass is 575 g/mol. The van der Waals surface area contributed by atoms with Gasteiger partial charge in [0.1, 0.15) is 11.4 Å². The normalized spacial score (nSPS) is 21.4. The van der Waals surface area contributed by atoms with Gasteiger partial charge in [0.2, 0.25) is 5.91 Å². The molecule has 4 fully saturated rings. The minimum absolute atomic E-state index is 0.125. The molecule has 0 saturated carbocycles. The van der Waals surface area contributed by atoms with Gasteiger partial charge in [-0.1, -0.05) is 23.4 Å². The molecule has 4 amide bonds. The molecule has 42 heavy (non-hydrogen) atoms. The number of piperidine rings is 2. The zero-order chi connectivity index (χ0) is 29.6. The fraction of sp³-hybridized carbons (Fsp3) is 0.484. The first-order valence-corrected chi connectivity index (χ1v) is 14.5. The molecule has 222 valence electrons. The molecule has 3 aromatic rings. The first kappa shape index (κ1) is 28.0. The lowest BCUT2D eigenvalue weighted by atomic mass is 9.90. The smallest absolute Gasteiger partial charge is 0.410 e. The summed E-state index contributed by atoms with van der Waals surface area (Å²) in [4.78, 5) is 46.2. The van der Waals surface area contributed by atoms with Crippen molar-refractivity contribution in [3.63, 3.8) is 0 Å². The largest absolute Gasteiger partial charge is 0.497 e. The molecule has 0 spiro atoms. The van der Waals surface area contributed by atoms with Crippen molar-refractivity contribution in [3.8, 4) is 5.75 Å². The van der Waals surface area contributed by atoms with Crippen LogP contribution in [0.3, 0.4) is 0 Å². The van der Waals surface area contributed by atoms with E-state index in [1.165, 1.54) is 9.80 Å². The van der Waals surface area contributed by atoms with Gasteiger partial charge in [-0.15, -0.1) is 0 Å². The van der Waals surface area contributed by atoms with Crippen LogP contribution in [0.15, 0.2) is 47.0 Å². The molecule has 5 heterocycles. The number of carbonyl (C=O) groups excluding carboxylic acids is 3. The van der Waals surface area contributed by atoms with Crippen molar-refractivity contribution < 1.29 is 28.4 Å².